The number of hydrogen-bond acceptors (Lipinski definition) is 7. The van der Waals surface area contributed by atoms with Crippen molar-refractivity contribution in [1.29, 1.82) is 0 Å². The Hall–Kier alpha value is -2.84. The molecule has 3 heterocycles. The van der Waals surface area contributed by atoms with Crippen LogP contribution in [0, 0.1) is 17.0 Å². The van der Waals surface area contributed by atoms with Crippen molar-refractivity contribution in [2.24, 2.45) is 0 Å². The molecule has 0 amide bonds. The van der Waals surface area contributed by atoms with Crippen molar-refractivity contribution in [1.82, 2.24) is 9.97 Å². The van der Waals surface area contributed by atoms with E-state index in [1.165, 1.54) is 17.0 Å². The van der Waals surface area contributed by atoms with Crippen LogP contribution < -0.4 is 4.90 Å². The van der Waals surface area contributed by atoms with E-state index in [0.29, 0.717) is 12.4 Å². The fourth-order valence-corrected chi connectivity index (χ4v) is 3.84. The molecule has 0 spiro atoms. The fourth-order valence-electron chi connectivity index (χ4n) is 3.08. The van der Waals surface area contributed by atoms with Crippen molar-refractivity contribution in [3.63, 3.8) is 0 Å². The summed E-state index contributed by atoms with van der Waals surface area (Å²) in [7, 11) is 0. The minimum atomic E-state index is -0.412. The first-order valence-corrected chi connectivity index (χ1v) is 9.48. The van der Waals surface area contributed by atoms with Crippen molar-refractivity contribution < 1.29 is 9.66 Å². The van der Waals surface area contributed by atoms with Crippen molar-refractivity contribution in [3.05, 3.63) is 68.5 Å². The molecule has 1 aliphatic heterocycles. The van der Waals surface area contributed by atoms with Crippen molar-refractivity contribution in [2.45, 2.75) is 13.0 Å². The molecule has 4 rings (SSSR count). The molecule has 0 bridgehead atoms. The molecule has 27 heavy (non-hydrogen) atoms. The molecule has 7 nitrogen and oxygen atoms in total. The van der Waals surface area contributed by atoms with Gasteiger partial charge < -0.3 is 9.64 Å². The van der Waals surface area contributed by atoms with Gasteiger partial charge in [0.15, 0.2) is 5.82 Å². The number of rotatable bonds is 4. The van der Waals surface area contributed by atoms with Gasteiger partial charge in [-0.2, -0.15) is 0 Å². The van der Waals surface area contributed by atoms with Crippen LogP contribution in [0.1, 0.15) is 16.7 Å². The molecule has 1 aliphatic rings. The number of non-ortho nitro benzene ring substituents is 1. The minimum absolute atomic E-state index is 0.0387. The zero-order valence-electron chi connectivity index (χ0n) is 14.7. The number of nitro benzene ring substituents is 1. The van der Waals surface area contributed by atoms with Gasteiger partial charge in [0.2, 0.25) is 0 Å². The van der Waals surface area contributed by atoms with E-state index in [2.05, 4.69) is 21.3 Å². The van der Waals surface area contributed by atoms with Crippen LogP contribution >= 0.6 is 11.3 Å². The maximum Gasteiger partial charge on any atom is 0.269 e. The molecular weight excluding hydrogens is 364 g/mol. The van der Waals surface area contributed by atoms with Crippen LogP contribution in [0.3, 0.4) is 0 Å². The van der Waals surface area contributed by atoms with Crippen molar-refractivity contribution in [2.75, 3.05) is 24.6 Å². The lowest BCUT2D eigenvalue weighted by molar-refractivity contribution is -0.384. The maximum absolute atomic E-state index is 10.8. The van der Waals surface area contributed by atoms with Crippen LogP contribution in [0.5, 0.6) is 0 Å². The first kappa shape index (κ1) is 17.6. The number of hydrogen-bond donors (Lipinski definition) is 0. The summed E-state index contributed by atoms with van der Waals surface area (Å²) in [5.41, 5.74) is 1.67. The number of thiophene rings is 1. The third kappa shape index (κ3) is 3.81. The largest absolute Gasteiger partial charge is 0.369 e. The Morgan fingerprint density at radius 2 is 2.07 bits per heavy atom. The van der Waals surface area contributed by atoms with Gasteiger partial charge in [-0.25, -0.2) is 9.97 Å². The average molecular weight is 382 g/mol. The lowest BCUT2D eigenvalue weighted by atomic mass is 10.2. The highest BCUT2D eigenvalue weighted by atomic mass is 32.1. The summed E-state index contributed by atoms with van der Waals surface area (Å²) in [5, 5.41) is 12.9. The first-order valence-electron chi connectivity index (χ1n) is 8.60. The topological polar surface area (TPSA) is 81.4 Å². The predicted octanol–water partition coefficient (Wildman–Crippen LogP) is 4.00. The smallest absolute Gasteiger partial charge is 0.269 e. The second-order valence-electron chi connectivity index (χ2n) is 6.32. The van der Waals surface area contributed by atoms with Gasteiger partial charge >= 0.3 is 0 Å². The van der Waals surface area contributed by atoms with Gasteiger partial charge in [0.05, 0.1) is 18.1 Å². The van der Waals surface area contributed by atoms with Crippen LogP contribution in [-0.4, -0.2) is 34.6 Å². The second kappa shape index (κ2) is 7.42. The Kier molecular flexibility index (Phi) is 4.83. The quantitative estimate of drug-likeness (QED) is 0.501. The zero-order chi connectivity index (χ0) is 18.8. The Morgan fingerprint density at radius 1 is 1.26 bits per heavy atom. The SMILES string of the molecule is Cc1cc(N2CCOC(c3cccs3)C2)nc(-c2ccc([N+](=O)[O-])cc2)n1. The summed E-state index contributed by atoms with van der Waals surface area (Å²) in [6.45, 7) is 4.06. The van der Waals surface area contributed by atoms with E-state index in [1.54, 1.807) is 23.5 Å². The molecule has 1 unspecified atom stereocenters. The highest BCUT2D eigenvalue weighted by molar-refractivity contribution is 7.10. The highest BCUT2D eigenvalue weighted by Crippen LogP contribution is 2.29. The van der Waals surface area contributed by atoms with Gasteiger partial charge in [0, 0.05) is 40.9 Å². The molecule has 1 aromatic carbocycles. The Balaban J connectivity index is 1.61. The number of nitrogens with zero attached hydrogens (tertiary/aromatic N) is 4. The number of ether oxygens (including phenoxy) is 1. The molecule has 1 saturated heterocycles. The molecule has 8 heteroatoms. The molecular formula is C19H18N4O3S. The number of benzene rings is 1. The minimum Gasteiger partial charge on any atom is -0.369 e. The summed E-state index contributed by atoms with van der Waals surface area (Å²) in [5.74, 6) is 1.42. The maximum atomic E-state index is 10.8. The van der Waals surface area contributed by atoms with Gasteiger partial charge in [-0.3, -0.25) is 10.1 Å². The Bertz CT molecular complexity index is 944. The van der Waals surface area contributed by atoms with E-state index in [4.69, 9.17) is 9.72 Å². The average Bonchev–Trinajstić information content (AvgIpc) is 3.22. The van der Waals surface area contributed by atoms with E-state index < -0.39 is 4.92 Å². The summed E-state index contributed by atoms with van der Waals surface area (Å²) in [4.78, 5) is 23.1. The molecule has 0 aliphatic carbocycles. The van der Waals surface area contributed by atoms with E-state index in [1.807, 2.05) is 19.1 Å². The van der Waals surface area contributed by atoms with Gasteiger partial charge in [0.1, 0.15) is 11.9 Å². The Labute approximate surface area is 160 Å². The fraction of sp³-hybridized carbons (Fsp3) is 0.263. The van der Waals surface area contributed by atoms with Crippen LogP contribution in [-0.2, 0) is 4.74 Å². The number of morpholine rings is 1. The van der Waals surface area contributed by atoms with Crippen molar-refractivity contribution in [3.8, 4) is 11.4 Å². The Morgan fingerprint density at radius 3 is 2.78 bits per heavy atom. The molecule has 138 valence electrons. The lowest BCUT2D eigenvalue weighted by Gasteiger charge is -2.33. The van der Waals surface area contributed by atoms with Crippen LogP contribution in [0.4, 0.5) is 11.5 Å². The third-order valence-electron chi connectivity index (χ3n) is 4.43. The molecule has 0 radical (unpaired) electrons. The summed E-state index contributed by atoms with van der Waals surface area (Å²) >= 11 is 1.69. The standard InChI is InChI=1S/C19H18N4O3S/c1-13-11-18(22-8-9-26-16(12-22)17-3-2-10-27-17)21-19(20-13)14-4-6-15(7-5-14)23(24)25/h2-7,10-11,16H,8-9,12H2,1H3. The number of aromatic nitrogens is 2. The van der Waals surface area contributed by atoms with Gasteiger partial charge in [-0.1, -0.05) is 6.07 Å². The van der Waals surface area contributed by atoms with Gasteiger partial charge in [-0.05, 0) is 30.5 Å². The highest BCUT2D eigenvalue weighted by Gasteiger charge is 2.24. The summed E-state index contributed by atoms with van der Waals surface area (Å²) in [6, 6.07) is 12.4. The number of anilines is 1. The van der Waals surface area contributed by atoms with E-state index in [9.17, 15) is 10.1 Å². The molecule has 0 saturated carbocycles. The number of aryl methyl sites for hydroxylation is 1. The number of nitro groups is 1. The molecule has 1 atom stereocenters. The third-order valence-corrected chi connectivity index (χ3v) is 5.39. The van der Waals surface area contributed by atoms with Crippen LogP contribution in [0.15, 0.2) is 47.8 Å². The lowest BCUT2D eigenvalue weighted by Crippen LogP contribution is -2.38. The van der Waals surface area contributed by atoms with Gasteiger partial charge in [0.25, 0.3) is 5.69 Å². The molecule has 2 aromatic heterocycles. The normalized spacial score (nSPS) is 17.1. The zero-order valence-corrected chi connectivity index (χ0v) is 15.6. The monoisotopic (exact) mass is 382 g/mol. The molecule has 1 fully saturated rings. The van der Waals surface area contributed by atoms with Crippen LogP contribution in [0.25, 0.3) is 11.4 Å². The molecule has 0 N–H and O–H groups in total. The second-order valence-corrected chi connectivity index (χ2v) is 7.30. The first-order chi connectivity index (χ1) is 13.1. The van der Waals surface area contributed by atoms with E-state index in [-0.39, 0.29) is 11.8 Å². The summed E-state index contributed by atoms with van der Waals surface area (Å²) in [6.07, 6.45) is 0.0387. The van der Waals surface area contributed by atoms with E-state index in [0.717, 1.165) is 30.2 Å². The van der Waals surface area contributed by atoms with E-state index >= 15 is 0 Å². The van der Waals surface area contributed by atoms with Crippen molar-refractivity contribution >= 4 is 22.8 Å². The molecule has 3 aromatic rings. The van der Waals surface area contributed by atoms with Gasteiger partial charge in [-0.15, -0.1) is 11.3 Å². The predicted molar refractivity (Wildman–Crippen MR) is 104 cm³/mol. The van der Waals surface area contributed by atoms with Crippen LogP contribution in [0.2, 0.25) is 0 Å². The summed E-state index contributed by atoms with van der Waals surface area (Å²) < 4.78 is 5.92.